The van der Waals surface area contributed by atoms with E-state index in [2.05, 4.69) is 15.9 Å². The molecule has 0 aliphatic rings. The third kappa shape index (κ3) is 3.38. The van der Waals surface area contributed by atoms with Gasteiger partial charge in [-0.2, -0.15) is 0 Å². The Bertz CT molecular complexity index is 601. The van der Waals surface area contributed by atoms with Crippen molar-refractivity contribution in [3.8, 4) is 5.75 Å². The van der Waals surface area contributed by atoms with Crippen LogP contribution in [0.3, 0.4) is 0 Å². The third-order valence-electron chi connectivity index (χ3n) is 2.70. The highest BCUT2D eigenvalue weighted by Crippen LogP contribution is 2.38. The van der Waals surface area contributed by atoms with Gasteiger partial charge in [-0.05, 0) is 51.8 Å². The minimum Gasteiger partial charge on any atom is -0.496 e. The summed E-state index contributed by atoms with van der Waals surface area (Å²) in [6, 6.07) is 11.0. The number of hydrogen-bond donors (Lipinski definition) is 0. The fraction of sp³-hybridized carbons (Fsp3) is 0.143. The van der Waals surface area contributed by atoms with Gasteiger partial charge in [0.15, 0.2) is 0 Å². The maximum atomic E-state index is 6.50. The summed E-state index contributed by atoms with van der Waals surface area (Å²) >= 11 is 22.0. The minimum absolute atomic E-state index is 0.376. The van der Waals surface area contributed by atoms with Gasteiger partial charge in [0.05, 0.1) is 17.5 Å². The molecular weight excluding hydrogens is 370 g/mol. The summed E-state index contributed by atoms with van der Waals surface area (Å²) in [4.78, 5) is 0. The molecule has 100 valence electrons. The predicted octanol–water partition coefficient (Wildman–Crippen LogP) is 6.09. The summed E-state index contributed by atoms with van der Waals surface area (Å²) in [5, 5.41) is 0.855. The van der Waals surface area contributed by atoms with E-state index < -0.39 is 0 Å². The lowest BCUT2D eigenvalue weighted by atomic mass is 10.0. The Hall–Kier alpha value is -0.410. The van der Waals surface area contributed by atoms with Gasteiger partial charge >= 0.3 is 0 Å². The van der Waals surface area contributed by atoms with Crippen molar-refractivity contribution < 1.29 is 4.74 Å². The Balaban J connectivity index is 2.45. The molecule has 0 aliphatic carbocycles. The Morgan fingerprint density at radius 1 is 1.11 bits per heavy atom. The van der Waals surface area contributed by atoms with E-state index in [-0.39, 0.29) is 5.38 Å². The number of benzene rings is 2. The summed E-state index contributed by atoms with van der Waals surface area (Å²) in [6.07, 6.45) is 0. The van der Waals surface area contributed by atoms with Crippen LogP contribution in [0.1, 0.15) is 16.5 Å². The van der Waals surface area contributed by atoms with E-state index in [0.717, 1.165) is 15.6 Å². The van der Waals surface area contributed by atoms with Crippen LogP contribution >= 0.6 is 50.7 Å². The summed E-state index contributed by atoms with van der Waals surface area (Å²) in [5.74, 6) is 0.698. The molecule has 0 fully saturated rings. The van der Waals surface area contributed by atoms with Crippen molar-refractivity contribution >= 4 is 50.7 Å². The second-order valence-electron chi connectivity index (χ2n) is 3.92. The third-order valence-corrected chi connectivity index (χ3v) is 4.66. The molecule has 1 nitrogen and oxygen atoms in total. The fourth-order valence-corrected chi connectivity index (χ4v) is 2.68. The summed E-state index contributed by atoms with van der Waals surface area (Å²) in [7, 11) is 1.60. The summed E-state index contributed by atoms with van der Waals surface area (Å²) in [5.41, 5.74) is 1.70. The van der Waals surface area contributed by atoms with Crippen molar-refractivity contribution in [2.75, 3.05) is 7.11 Å². The molecule has 0 N–H and O–H groups in total. The Morgan fingerprint density at radius 2 is 1.84 bits per heavy atom. The Morgan fingerprint density at radius 3 is 2.47 bits per heavy atom. The first-order chi connectivity index (χ1) is 9.02. The Labute approximate surface area is 135 Å². The van der Waals surface area contributed by atoms with Crippen LogP contribution in [-0.4, -0.2) is 7.11 Å². The highest BCUT2D eigenvalue weighted by atomic mass is 79.9. The monoisotopic (exact) mass is 378 g/mol. The van der Waals surface area contributed by atoms with Gasteiger partial charge in [-0.15, -0.1) is 11.6 Å². The van der Waals surface area contributed by atoms with Crippen molar-refractivity contribution in [2.24, 2.45) is 0 Å². The molecule has 0 saturated heterocycles. The number of rotatable bonds is 3. The van der Waals surface area contributed by atoms with E-state index in [0.29, 0.717) is 15.8 Å². The van der Waals surface area contributed by atoms with E-state index in [4.69, 9.17) is 39.5 Å². The lowest BCUT2D eigenvalue weighted by Crippen LogP contribution is -1.97. The van der Waals surface area contributed by atoms with Gasteiger partial charge in [0, 0.05) is 15.1 Å². The minimum atomic E-state index is -0.376. The fourth-order valence-electron chi connectivity index (χ4n) is 1.75. The molecule has 0 bridgehead atoms. The van der Waals surface area contributed by atoms with E-state index in [1.165, 1.54) is 0 Å². The first kappa shape index (κ1) is 15.0. The topological polar surface area (TPSA) is 9.23 Å². The van der Waals surface area contributed by atoms with Crippen LogP contribution in [-0.2, 0) is 0 Å². The quantitative estimate of drug-likeness (QED) is 0.585. The zero-order valence-electron chi connectivity index (χ0n) is 9.96. The van der Waals surface area contributed by atoms with Crippen LogP contribution < -0.4 is 4.74 Å². The molecule has 0 spiro atoms. The van der Waals surface area contributed by atoms with Crippen LogP contribution in [0.4, 0.5) is 0 Å². The molecule has 1 unspecified atom stereocenters. The standard InChI is InChI=1S/C14H10BrCl3O/c1-19-13-5-3-9(16)7-10(13)14(18)8-2-4-11(15)12(17)6-8/h2-7,14H,1H3. The molecule has 0 saturated carbocycles. The molecule has 5 heteroatoms. The van der Waals surface area contributed by atoms with E-state index >= 15 is 0 Å². The lowest BCUT2D eigenvalue weighted by Gasteiger charge is -2.15. The second kappa shape index (κ2) is 6.36. The molecule has 2 aromatic rings. The van der Waals surface area contributed by atoms with Gasteiger partial charge in [-0.3, -0.25) is 0 Å². The second-order valence-corrected chi connectivity index (χ2v) is 6.06. The number of halogens is 4. The number of alkyl halides is 1. The van der Waals surface area contributed by atoms with Gasteiger partial charge in [0.2, 0.25) is 0 Å². The van der Waals surface area contributed by atoms with Gasteiger partial charge in [0.1, 0.15) is 5.75 Å². The zero-order valence-corrected chi connectivity index (χ0v) is 13.8. The van der Waals surface area contributed by atoms with E-state index in [9.17, 15) is 0 Å². The SMILES string of the molecule is COc1ccc(Cl)cc1C(Cl)c1ccc(Br)c(Cl)c1. The average Bonchev–Trinajstić information content (AvgIpc) is 2.41. The molecule has 1 atom stereocenters. The van der Waals surface area contributed by atoms with E-state index in [1.807, 2.05) is 18.2 Å². The lowest BCUT2D eigenvalue weighted by molar-refractivity contribution is 0.410. The largest absolute Gasteiger partial charge is 0.496 e. The number of ether oxygens (including phenoxy) is 1. The molecule has 2 rings (SSSR count). The van der Waals surface area contributed by atoms with Crippen molar-refractivity contribution in [1.82, 2.24) is 0 Å². The molecule has 0 aromatic heterocycles. The first-order valence-corrected chi connectivity index (χ1v) is 7.44. The van der Waals surface area contributed by atoms with Crippen LogP contribution in [0, 0.1) is 0 Å². The summed E-state index contributed by atoms with van der Waals surface area (Å²) in [6.45, 7) is 0. The first-order valence-electron chi connectivity index (χ1n) is 5.45. The van der Waals surface area contributed by atoms with Crippen molar-refractivity contribution in [2.45, 2.75) is 5.38 Å². The normalized spacial score (nSPS) is 12.3. The van der Waals surface area contributed by atoms with Gasteiger partial charge in [-0.1, -0.05) is 29.3 Å². The smallest absolute Gasteiger partial charge is 0.123 e. The average molecular weight is 380 g/mol. The van der Waals surface area contributed by atoms with Crippen molar-refractivity contribution in [3.05, 3.63) is 62.0 Å². The molecular formula is C14H10BrCl3O. The molecule has 0 heterocycles. The van der Waals surface area contributed by atoms with Crippen molar-refractivity contribution in [1.29, 1.82) is 0 Å². The zero-order chi connectivity index (χ0) is 14.0. The molecule has 0 amide bonds. The van der Waals surface area contributed by atoms with E-state index in [1.54, 1.807) is 25.3 Å². The van der Waals surface area contributed by atoms with Gasteiger partial charge in [0.25, 0.3) is 0 Å². The number of hydrogen-bond acceptors (Lipinski definition) is 1. The van der Waals surface area contributed by atoms with Gasteiger partial charge < -0.3 is 4.74 Å². The Kier molecular flexibility index (Phi) is 5.02. The predicted molar refractivity (Wildman–Crippen MR) is 84.9 cm³/mol. The van der Waals surface area contributed by atoms with Crippen LogP contribution in [0.5, 0.6) is 5.75 Å². The highest BCUT2D eigenvalue weighted by molar-refractivity contribution is 9.10. The molecule has 0 radical (unpaired) electrons. The van der Waals surface area contributed by atoms with Crippen LogP contribution in [0.2, 0.25) is 10.0 Å². The maximum absolute atomic E-state index is 6.50. The van der Waals surface area contributed by atoms with Crippen molar-refractivity contribution in [3.63, 3.8) is 0 Å². The molecule has 0 aliphatic heterocycles. The molecule has 19 heavy (non-hydrogen) atoms. The number of methoxy groups -OCH3 is 1. The van der Waals surface area contributed by atoms with Gasteiger partial charge in [-0.25, -0.2) is 0 Å². The van der Waals surface area contributed by atoms with Crippen LogP contribution in [0.15, 0.2) is 40.9 Å². The molecule has 2 aromatic carbocycles. The summed E-state index contributed by atoms with van der Waals surface area (Å²) < 4.78 is 6.14. The van der Waals surface area contributed by atoms with Crippen LogP contribution in [0.25, 0.3) is 0 Å². The highest BCUT2D eigenvalue weighted by Gasteiger charge is 2.17. The maximum Gasteiger partial charge on any atom is 0.123 e.